The van der Waals surface area contributed by atoms with E-state index >= 15 is 0 Å². The number of anilines is 2. The second-order valence-corrected chi connectivity index (χ2v) is 9.15. The Morgan fingerprint density at radius 3 is 1.34 bits per heavy atom. The summed E-state index contributed by atoms with van der Waals surface area (Å²) in [6.07, 6.45) is 0. The third-order valence-electron chi connectivity index (χ3n) is 6.96. The molecular weight excluding hydrogens is 422 g/mol. The Morgan fingerprint density at radius 1 is 0.314 bits per heavy atom. The SMILES string of the molecule is c1ccc(-c2ccc(-c3ccc(Nc4cc5ccc6cccc7ccc(c4)c5c67)cc3)cc2)cc1. The van der Waals surface area contributed by atoms with Crippen molar-refractivity contribution in [3.05, 3.63) is 133 Å². The van der Waals surface area contributed by atoms with Gasteiger partial charge in [-0.2, -0.15) is 0 Å². The first kappa shape index (κ1) is 19.8. The highest BCUT2D eigenvalue weighted by Crippen LogP contribution is 2.37. The van der Waals surface area contributed by atoms with E-state index in [2.05, 4.69) is 139 Å². The van der Waals surface area contributed by atoms with Crippen LogP contribution in [0.2, 0.25) is 0 Å². The zero-order valence-corrected chi connectivity index (χ0v) is 19.2. The van der Waals surface area contributed by atoms with Crippen molar-refractivity contribution in [2.75, 3.05) is 5.32 Å². The molecule has 0 bridgehead atoms. The van der Waals surface area contributed by atoms with Crippen molar-refractivity contribution in [3.8, 4) is 22.3 Å². The summed E-state index contributed by atoms with van der Waals surface area (Å²) in [6, 6.07) is 47.9. The van der Waals surface area contributed by atoms with Gasteiger partial charge in [-0.15, -0.1) is 0 Å². The molecule has 1 N–H and O–H groups in total. The van der Waals surface area contributed by atoms with Crippen LogP contribution in [0.1, 0.15) is 0 Å². The minimum Gasteiger partial charge on any atom is -0.355 e. The lowest BCUT2D eigenvalue weighted by Gasteiger charge is -2.14. The van der Waals surface area contributed by atoms with E-state index in [9.17, 15) is 0 Å². The van der Waals surface area contributed by atoms with Crippen LogP contribution in [0.5, 0.6) is 0 Å². The molecule has 35 heavy (non-hydrogen) atoms. The van der Waals surface area contributed by atoms with Crippen LogP contribution in [0, 0.1) is 0 Å². The van der Waals surface area contributed by atoms with Gasteiger partial charge in [-0.25, -0.2) is 0 Å². The Hall–Kier alpha value is -4.62. The van der Waals surface area contributed by atoms with E-state index in [-0.39, 0.29) is 0 Å². The third-order valence-corrected chi connectivity index (χ3v) is 6.96. The first-order valence-corrected chi connectivity index (χ1v) is 12.0. The second kappa shape index (κ2) is 8.00. The molecule has 0 fully saturated rings. The largest absolute Gasteiger partial charge is 0.355 e. The van der Waals surface area contributed by atoms with Gasteiger partial charge in [0.25, 0.3) is 0 Å². The van der Waals surface area contributed by atoms with Crippen molar-refractivity contribution in [2.45, 2.75) is 0 Å². The van der Waals surface area contributed by atoms with Crippen LogP contribution in [-0.2, 0) is 0 Å². The lowest BCUT2D eigenvalue weighted by atomic mass is 9.94. The van der Waals surface area contributed by atoms with Crippen LogP contribution in [0.25, 0.3) is 54.6 Å². The summed E-state index contributed by atoms with van der Waals surface area (Å²) in [5, 5.41) is 11.5. The van der Waals surface area contributed by atoms with E-state index in [0.717, 1.165) is 11.4 Å². The molecule has 0 unspecified atom stereocenters. The molecule has 1 nitrogen and oxygen atoms in total. The highest BCUT2D eigenvalue weighted by atomic mass is 14.9. The standard InChI is InChI=1S/C34H23N/c1-2-5-23(6-3-1)24-9-11-25(12-10-24)26-17-19-31(20-18-26)35-32-21-29-15-13-27-7-4-8-28-14-16-30(22-32)34(29)33(27)28/h1-22,35H. The van der Waals surface area contributed by atoms with E-state index in [1.54, 1.807) is 0 Å². The maximum atomic E-state index is 3.61. The quantitative estimate of drug-likeness (QED) is 0.266. The summed E-state index contributed by atoms with van der Waals surface area (Å²) in [6.45, 7) is 0. The lowest BCUT2D eigenvalue weighted by molar-refractivity contribution is 1.55. The van der Waals surface area contributed by atoms with Crippen LogP contribution in [0.3, 0.4) is 0 Å². The number of benzene rings is 7. The maximum Gasteiger partial charge on any atom is 0.0396 e. The van der Waals surface area contributed by atoms with Crippen molar-refractivity contribution >= 4 is 43.7 Å². The summed E-state index contributed by atoms with van der Waals surface area (Å²) >= 11 is 0. The molecule has 164 valence electrons. The fourth-order valence-corrected chi connectivity index (χ4v) is 5.22. The minimum absolute atomic E-state index is 1.09. The summed E-state index contributed by atoms with van der Waals surface area (Å²) in [5.41, 5.74) is 7.11. The van der Waals surface area contributed by atoms with E-state index in [4.69, 9.17) is 0 Å². The Balaban J connectivity index is 1.17. The van der Waals surface area contributed by atoms with Crippen molar-refractivity contribution in [1.82, 2.24) is 0 Å². The van der Waals surface area contributed by atoms with E-state index < -0.39 is 0 Å². The molecule has 1 heteroatoms. The van der Waals surface area contributed by atoms with Crippen LogP contribution < -0.4 is 5.32 Å². The van der Waals surface area contributed by atoms with Gasteiger partial charge in [0, 0.05) is 11.4 Å². The lowest BCUT2D eigenvalue weighted by Crippen LogP contribution is -1.92. The van der Waals surface area contributed by atoms with E-state index in [1.165, 1.54) is 54.6 Å². The molecule has 0 aliphatic heterocycles. The monoisotopic (exact) mass is 445 g/mol. The fourth-order valence-electron chi connectivity index (χ4n) is 5.22. The van der Waals surface area contributed by atoms with Gasteiger partial charge >= 0.3 is 0 Å². The van der Waals surface area contributed by atoms with Gasteiger partial charge in [-0.3, -0.25) is 0 Å². The fraction of sp³-hybridized carbons (Fsp3) is 0. The van der Waals surface area contributed by atoms with Crippen molar-refractivity contribution in [2.24, 2.45) is 0 Å². The first-order valence-electron chi connectivity index (χ1n) is 12.0. The number of rotatable bonds is 4. The highest BCUT2D eigenvalue weighted by molar-refractivity contribution is 6.23. The zero-order chi connectivity index (χ0) is 23.2. The second-order valence-electron chi connectivity index (χ2n) is 9.15. The highest BCUT2D eigenvalue weighted by Gasteiger charge is 2.09. The molecule has 7 aromatic carbocycles. The molecule has 0 amide bonds. The first-order chi connectivity index (χ1) is 17.3. The van der Waals surface area contributed by atoms with Gasteiger partial charge in [0.15, 0.2) is 0 Å². The molecule has 0 aromatic heterocycles. The Kier molecular flexibility index (Phi) is 4.53. The van der Waals surface area contributed by atoms with Gasteiger partial charge in [-0.05, 0) is 78.8 Å². The molecule has 0 saturated heterocycles. The summed E-state index contributed by atoms with van der Waals surface area (Å²) in [5.74, 6) is 0. The van der Waals surface area contributed by atoms with Crippen LogP contribution in [0.4, 0.5) is 11.4 Å². The van der Waals surface area contributed by atoms with Crippen LogP contribution in [-0.4, -0.2) is 0 Å². The van der Waals surface area contributed by atoms with Gasteiger partial charge in [0.2, 0.25) is 0 Å². The van der Waals surface area contributed by atoms with Crippen molar-refractivity contribution in [1.29, 1.82) is 0 Å². The molecule has 7 rings (SSSR count). The summed E-state index contributed by atoms with van der Waals surface area (Å²) in [7, 11) is 0. The van der Waals surface area contributed by atoms with Gasteiger partial charge in [-0.1, -0.05) is 109 Å². The van der Waals surface area contributed by atoms with Crippen molar-refractivity contribution < 1.29 is 0 Å². The molecule has 0 aliphatic carbocycles. The third kappa shape index (κ3) is 3.50. The predicted octanol–water partition coefficient (Wildman–Crippen LogP) is 9.66. The molecule has 0 atom stereocenters. The molecule has 0 heterocycles. The number of nitrogens with one attached hydrogen (secondary N) is 1. The van der Waals surface area contributed by atoms with Crippen molar-refractivity contribution in [3.63, 3.8) is 0 Å². The Bertz CT molecular complexity index is 1720. The average Bonchev–Trinajstić information content (AvgIpc) is 2.93. The maximum absolute atomic E-state index is 3.61. The topological polar surface area (TPSA) is 12.0 Å². The molecule has 0 spiro atoms. The molecule has 0 radical (unpaired) electrons. The van der Waals surface area contributed by atoms with Crippen LogP contribution in [0.15, 0.2) is 133 Å². The normalized spacial score (nSPS) is 11.4. The van der Waals surface area contributed by atoms with E-state index in [1.807, 2.05) is 0 Å². The number of hydrogen-bond donors (Lipinski definition) is 1. The Labute approximate surface area is 204 Å². The Morgan fingerprint density at radius 2 is 0.771 bits per heavy atom. The molecule has 7 aromatic rings. The summed E-state index contributed by atoms with van der Waals surface area (Å²) in [4.78, 5) is 0. The van der Waals surface area contributed by atoms with Crippen LogP contribution >= 0.6 is 0 Å². The molecule has 0 aliphatic rings. The zero-order valence-electron chi connectivity index (χ0n) is 19.2. The summed E-state index contributed by atoms with van der Waals surface area (Å²) < 4.78 is 0. The molecular formula is C34H23N. The van der Waals surface area contributed by atoms with Gasteiger partial charge < -0.3 is 5.32 Å². The number of hydrogen-bond acceptors (Lipinski definition) is 1. The smallest absolute Gasteiger partial charge is 0.0396 e. The van der Waals surface area contributed by atoms with Gasteiger partial charge in [0.05, 0.1) is 0 Å². The van der Waals surface area contributed by atoms with E-state index in [0.29, 0.717) is 0 Å². The van der Waals surface area contributed by atoms with Gasteiger partial charge in [0.1, 0.15) is 0 Å². The predicted molar refractivity (Wildman–Crippen MR) is 151 cm³/mol. The molecule has 0 saturated carbocycles. The average molecular weight is 446 g/mol. The minimum atomic E-state index is 1.09.